The predicted octanol–water partition coefficient (Wildman–Crippen LogP) is 3.32. The van der Waals surface area contributed by atoms with Crippen LogP contribution in [0, 0.1) is 0 Å². The maximum atomic E-state index is 6.04. The van der Waals surface area contributed by atoms with Crippen molar-refractivity contribution in [3.63, 3.8) is 0 Å². The zero-order valence-electron chi connectivity index (χ0n) is 12.7. The van der Waals surface area contributed by atoms with Crippen LogP contribution in [0.2, 0.25) is 0 Å². The Kier molecular flexibility index (Phi) is 4.67. The van der Waals surface area contributed by atoms with Gasteiger partial charge in [0.15, 0.2) is 0 Å². The maximum absolute atomic E-state index is 6.04. The van der Waals surface area contributed by atoms with Crippen LogP contribution in [0.1, 0.15) is 39.7 Å². The molecule has 108 valence electrons. The normalized spacial score (nSPS) is 20.8. The monoisotopic (exact) mass is 290 g/mol. The largest absolute Gasteiger partial charge is 0.494 e. The Balaban J connectivity index is 2.08. The third kappa shape index (κ3) is 3.30. The van der Waals surface area contributed by atoms with Gasteiger partial charge >= 0.3 is 7.12 Å². The molecule has 4 heteroatoms. The van der Waals surface area contributed by atoms with Crippen LogP contribution in [0.25, 0.3) is 6.08 Å². The van der Waals surface area contributed by atoms with E-state index < -0.39 is 0 Å². The van der Waals surface area contributed by atoms with Gasteiger partial charge in [-0.3, -0.25) is 0 Å². The number of hydrogen-bond acceptors (Lipinski definition) is 3. The van der Waals surface area contributed by atoms with Gasteiger partial charge in [-0.05, 0) is 50.9 Å². The highest BCUT2D eigenvalue weighted by Crippen LogP contribution is 2.36. The summed E-state index contributed by atoms with van der Waals surface area (Å²) in [5.41, 5.74) is 1.67. The summed E-state index contributed by atoms with van der Waals surface area (Å²) in [6.07, 6.45) is 5.24. The van der Waals surface area contributed by atoms with E-state index in [1.165, 1.54) is 5.56 Å². The minimum Gasteiger partial charge on any atom is -0.399 e. The van der Waals surface area contributed by atoms with E-state index in [0.29, 0.717) is 0 Å². The quantitative estimate of drug-likeness (QED) is 0.677. The van der Waals surface area contributed by atoms with Gasteiger partial charge < -0.3 is 9.31 Å². The van der Waals surface area contributed by atoms with E-state index in [0.717, 1.165) is 17.6 Å². The molecule has 1 heterocycles. The third-order valence-electron chi connectivity index (χ3n) is 4.07. The molecule has 1 saturated heterocycles. The second-order valence-electron chi connectivity index (χ2n) is 6.17. The molecule has 0 N–H and O–H groups in total. The molecule has 0 bridgehead atoms. The lowest BCUT2D eigenvalue weighted by atomic mass is 9.79. The fraction of sp³-hybridized carbons (Fsp3) is 0.500. The van der Waals surface area contributed by atoms with Crippen molar-refractivity contribution in [3.05, 3.63) is 35.9 Å². The first-order valence-electron chi connectivity index (χ1n) is 7.09. The van der Waals surface area contributed by atoms with E-state index in [1.54, 1.807) is 0 Å². The summed E-state index contributed by atoms with van der Waals surface area (Å²) in [5, 5.41) is 0. The Bertz CT molecular complexity index is 464. The first-order chi connectivity index (χ1) is 9.36. The van der Waals surface area contributed by atoms with Crippen LogP contribution in [0.15, 0.2) is 30.3 Å². The molecule has 0 atom stereocenters. The lowest BCUT2D eigenvalue weighted by Gasteiger charge is -2.32. The molecule has 0 saturated carbocycles. The molecule has 0 unspecified atom stereocenters. The average Bonchev–Trinajstić information content (AvgIpc) is 2.60. The van der Waals surface area contributed by atoms with Crippen LogP contribution >= 0.6 is 12.6 Å². The predicted molar refractivity (Wildman–Crippen MR) is 89.7 cm³/mol. The molecule has 2 nitrogen and oxygen atoms in total. The second-order valence-corrected chi connectivity index (χ2v) is 6.62. The first-order valence-corrected chi connectivity index (χ1v) is 7.72. The minimum absolute atomic E-state index is 0.282. The van der Waals surface area contributed by atoms with E-state index in [-0.39, 0.29) is 18.3 Å². The summed E-state index contributed by atoms with van der Waals surface area (Å²) in [4.78, 5) is 0. The highest BCUT2D eigenvalue weighted by Gasteiger charge is 2.51. The van der Waals surface area contributed by atoms with Crippen LogP contribution in [-0.4, -0.2) is 24.1 Å². The third-order valence-corrected chi connectivity index (χ3v) is 4.33. The molecule has 0 radical (unpaired) electrons. The van der Waals surface area contributed by atoms with E-state index in [2.05, 4.69) is 76.7 Å². The number of rotatable bonds is 4. The number of thiol groups is 1. The molecular weight excluding hydrogens is 267 g/mol. The first kappa shape index (κ1) is 15.7. The van der Waals surface area contributed by atoms with Crippen molar-refractivity contribution in [2.45, 2.75) is 45.3 Å². The number of allylic oxidation sites excluding steroid dienone is 1. The Morgan fingerprint density at radius 1 is 1.05 bits per heavy atom. The van der Waals surface area contributed by atoms with Crippen LogP contribution in [-0.2, 0) is 9.31 Å². The zero-order valence-corrected chi connectivity index (χ0v) is 13.6. The fourth-order valence-corrected chi connectivity index (χ4v) is 2.19. The summed E-state index contributed by atoms with van der Waals surface area (Å²) in [5.74, 6) is 0.877. The summed E-state index contributed by atoms with van der Waals surface area (Å²) in [6.45, 7) is 8.28. The van der Waals surface area contributed by atoms with Crippen molar-refractivity contribution in [3.8, 4) is 0 Å². The van der Waals surface area contributed by atoms with Gasteiger partial charge in [0.2, 0.25) is 0 Å². The Hall–Kier alpha value is -0.705. The molecule has 1 fully saturated rings. The average molecular weight is 290 g/mol. The maximum Gasteiger partial charge on any atom is 0.494 e. The zero-order chi connectivity index (χ0) is 14.8. The highest BCUT2D eigenvalue weighted by atomic mass is 32.1. The summed E-state index contributed by atoms with van der Waals surface area (Å²) in [6, 6.07) is 8.33. The van der Waals surface area contributed by atoms with Crippen molar-refractivity contribution >= 4 is 31.3 Å². The van der Waals surface area contributed by atoms with Gasteiger partial charge in [-0.15, -0.1) is 0 Å². The van der Waals surface area contributed by atoms with Crippen molar-refractivity contribution < 1.29 is 9.31 Å². The molecule has 1 aromatic carbocycles. The molecule has 0 amide bonds. The van der Waals surface area contributed by atoms with Crippen LogP contribution in [0.5, 0.6) is 0 Å². The van der Waals surface area contributed by atoms with Gasteiger partial charge in [0.1, 0.15) is 0 Å². The standard InChI is InChI=1S/C16H23BO2S/c1-15(2)16(3,4)19-17(18-15)14-10-8-13(9-11-14)7-5-6-12-20/h5,7-11,20H,6,12H2,1-4H3. The number of benzene rings is 1. The highest BCUT2D eigenvalue weighted by molar-refractivity contribution is 7.80. The molecule has 1 aliphatic rings. The van der Waals surface area contributed by atoms with E-state index >= 15 is 0 Å². The van der Waals surface area contributed by atoms with Crippen molar-refractivity contribution in [2.75, 3.05) is 5.75 Å². The Morgan fingerprint density at radius 2 is 1.60 bits per heavy atom. The van der Waals surface area contributed by atoms with Crippen molar-refractivity contribution in [1.82, 2.24) is 0 Å². The minimum atomic E-state index is -0.289. The molecule has 1 aromatic rings. The van der Waals surface area contributed by atoms with Gasteiger partial charge in [-0.25, -0.2) is 0 Å². The lowest BCUT2D eigenvalue weighted by Crippen LogP contribution is -2.41. The SMILES string of the molecule is CC1(C)OB(c2ccc(C=CCCS)cc2)OC1(C)C. The molecule has 2 rings (SSSR count). The molecule has 20 heavy (non-hydrogen) atoms. The van der Waals surface area contributed by atoms with Crippen molar-refractivity contribution in [2.24, 2.45) is 0 Å². The van der Waals surface area contributed by atoms with E-state index in [4.69, 9.17) is 9.31 Å². The Labute approximate surface area is 128 Å². The van der Waals surface area contributed by atoms with Crippen LogP contribution in [0.3, 0.4) is 0 Å². The second kappa shape index (κ2) is 5.96. The molecular formula is C16H23BO2S. The molecule has 0 spiro atoms. The fourth-order valence-electron chi connectivity index (χ4n) is 2.04. The summed E-state index contributed by atoms with van der Waals surface area (Å²) in [7, 11) is -0.282. The molecule has 1 aliphatic heterocycles. The van der Waals surface area contributed by atoms with Crippen LogP contribution < -0.4 is 5.46 Å². The van der Waals surface area contributed by atoms with Gasteiger partial charge in [0.25, 0.3) is 0 Å². The Morgan fingerprint density at radius 3 is 2.10 bits per heavy atom. The van der Waals surface area contributed by atoms with Gasteiger partial charge in [0.05, 0.1) is 11.2 Å². The van der Waals surface area contributed by atoms with Gasteiger partial charge in [-0.2, -0.15) is 12.6 Å². The topological polar surface area (TPSA) is 18.5 Å². The van der Waals surface area contributed by atoms with Crippen molar-refractivity contribution in [1.29, 1.82) is 0 Å². The summed E-state index contributed by atoms with van der Waals surface area (Å²) < 4.78 is 12.1. The van der Waals surface area contributed by atoms with Crippen LogP contribution in [0.4, 0.5) is 0 Å². The van der Waals surface area contributed by atoms with Gasteiger partial charge in [0, 0.05) is 0 Å². The van der Waals surface area contributed by atoms with E-state index in [9.17, 15) is 0 Å². The molecule has 0 aromatic heterocycles. The smallest absolute Gasteiger partial charge is 0.399 e. The molecule has 0 aliphatic carbocycles. The summed E-state index contributed by atoms with van der Waals surface area (Å²) >= 11 is 4.19. The number of hydrogen-bond donors (Lipinski definition) is 1. The lowest BCUT2D eigenvalue weighted by molar-refractivity contribution is 0.00578. The van der Waals surface area contributed by atoms with E-state index in [1.807, 2.05) is 0 Å². The van der Waals surface area contributed by atoms with Gasteiger partial charge in [-0.1, -0.05) is 36.4 Å².